The molecule has 4 aromatic rings. The van der Waals surface area contributed by atoms with Crippen LogP contribution in [-0.2, 0) is 0 Å². The summed E-state index contributed by atoms with van der Waals surface area (Å²) < 4.78 is 28.8. The predicted molar refractivity (Wildman–Crippen MR) is 108 cm³/mol. The summed E-state index contributed by atoms with van der Waals surface area (Å²) in [5, 5.41) is 15.4. The number of nitro benzene ring substituents is 1. The first-order chi connectivity index (χ1) is 15.3. The van der Waals surface area contributed by atoms with Crippen molar-refractivity contribution in [1.29, 1.82) is 0 Å². The summed E-state index contributed by atoms with van der Waals surface area (Å²) in [6.45, 7) is 1.58. The monoisotopic (exact) mass is 435 g/mol. The van der Waals surface area contributed by atoms with Gasteiger partial charge in [-0.15, -0.1) is 0 Å². The molecule has 0 spiro atoms. The normalized spacial score (nSPS) is 13.2. The van der Waals surface area contributed by atoms with E-state index >= 15 is 0 Å². The lowest BCUT2D eigenvalue weighted by Crippen LogP contribution is -2.29. The molecular formula is C21H11F2N5O4. The maximum absolute atomic E-state index is 14.4. The minimum absolute atomic E-state index is 0.0306. The van der Waals surface area contributed by atoms with Crippen LogP contribution in [0.5, 0.6) is 0 Å². The molecule has 2 aromatic heterocycles. The number of nitrogens with zero attached hydrogens (tertiary/aromatic N) is 5. The molecule has 158 valence electrons. The molecule has 5 rings (SSSR count). The van der Waals surface area contributed by atoms with Crippen LogP contribution in [0.25, 0.3) is 16.7 Å². The van der Waals surface area contributed by atoms with E-state index in [9.17, 15) is 28.5 Å². The fourth-order valence-electron chi connectivity index (χ4n) is 3.74. The second kappa shape index (κ2) is 6.74. The number of halogens is 2. The van der Waals surface area contributed by atoms with Gasteiger partial charge in [0.15, 0.2) is 11.5 Å². The smallest absolute Gasteiger partial charge is 0.268 e. The average Bonchev–Trinajstić information content (AvgIpc) is 3.22. The van der Waals surface area contributed by atoms with Crippen molar-refractivity contribution >= 4 is 34.2 Å². The zero-order chi connectivity index (χ0) is 22.7. The second-order valence-corrected chi connectivity index (χ2v) is 7.06. The molecule has 0 fully saturated rings. The number of hydrogen-bond acceptors (Lipinski definition) is 6. The van der Waals surface area contributed by atoms with Gasteiger partial charge in [0.2, 0.25) is 0 Å². The fraction of sp³-hybridized carbons (Fsp3) is 0.0476. The lowest BCUT2D eigenvalue weighted by molar-refractivity contribution is -0.384. The number of pyridine rings is 1. The largest absolute Gasteiger partial charge is 0.269 e. The van der Waals surface area contributed by atoms with Gasteiger partial charge in [-0.05, 0) is 31.2 Å². The topological polar surface area (TPSA) is 111 Å². The summed E-state index contributed by atoms with van der Waals surface area (Å²) in [4.78, 5) is 41.6. The van der Waals surface area contributed by atoms with E-state index in [1.54, 1.807) is 6.92 Å². The number of nitro groups is 1. The fourth-order valence-corrected chi connectivity index (χ4v) is 3.74. The molecule has 0 saturated carbocycles. The number of hydrogen-bond donors (Lipinski definition) is 0. The number of non-ortho nitro benzene ring substituents is 1. The minimum atomic E-state index is -0.869. The number of amides is 2. The average molecular weight is 435 g/mol. The third-order valence-electron chi connectivity index (χ3n) is 5.18. The molecule has 0 atom stereocenters. The van der Waals surface area contributed by atoms with E-state index in [1.165, 1.54) is 36.5 Å². The van der Waals surface area contributed by atoms with Gasteiger partial charge < -0.3 is 0 Å². The van der Waals surface area contributed by atoms with Crippen molar-refractivity contribution in [2.24, 2.45) is 0 Å². The minimum Gasteiger partial charge on any atom is -0.268 e. The molecule has 3 heterocycles. The van der Waals surface area contributed by atoms with Crippen molar-refractivity contribution in [2.75, 3.05) is 4.90 Å². The van der Waals surface area contributed by atoms with E-state index in [0.717, 1.165) is 15.6 Å². The number of carbonyl (C=O) groups is 2. The number of aryl methyl sites for hydroxylation is 1. The Morgan fingerprint density at radius 2 is 1.75 bits per heavy atom. The first-order valence-electron chi connectivity index (χ1n) is 9.25. The zero-order valence-corrected chi connectivity index (χ0v) is 16.2. The molecule has 0 N–H and O–H groups in total. The molecular weight excluding hydrogens is 424 g/mol. The summed E-state index contributed by atoms with van der Waals surface area (Å²) >= 11 is 0. The molecule has 11 heteroatoms. The van der Waals surface area contributed by atoms with Crippen molar-refractivity contribution in [3.05, 3.63) is 87.2 Å². The SMILES string of the molecule is Cc1nn(-c2ccc(F)cc2F)c2ncc3c(c12)C(=O)N(c1ccc([N+](=O)[O-])cc1)C3=O. The molecule has 32 heavy (non-hydrogen) atoms. The Morgan fingerprint density at radius 1 is 1.03 bits per heavy atom. The van der Waals surface area contributed by atoms with Crippen molar-refractivity contribution in [3.8, 4) is 5.69 Å². The van der Waals surface area contributed by atoms with Gasteiger partial charge in [-0.2, -0.15) is 5.10 Å². The van der Waals surface area contributed by atoms with Crippen LogP contribution >= 0.6 is 0 Å². The molecule has 0 saturated heterocycles. The standard InChI is InChI=1S/C21H11F2N5O4/c1-10-17-18-14(9-24-19(17)27(25-10)16-7-2-11(22)8-15(16)23)20(29)26(21(18)30)12-3-5-13(6-4-12)28(31)32/h2-9H,1H3. The number of rotatable bonds is 3. The van der Waals surface area contributed by atoms with Crippen LogP contribution in [0.4, 0.5) is 20.2 Å². The van der Waals surface area contributed by atoms with E-state index in [4.69, 9.17) is 0 Å². The highest BCUT2D eigenvalue weighted by Crippen LogP contribution is 2.35. The number of imide groups is 1. The van der Waals surface area contributed by atoms with E-state index < -0.39 is 28.4 Å². The van der Waals surface area contributed by atoms with Crippen LogP contribution in [0.2, 0.25) is 0 Å². The van der Waals surface area contributed by atoms with Crippen LogP contribution in [0, 0.1) is 28.7 Å². The van der Waals surface area contributed by atoms with Gasteiger partial charge in [-0.1, -0.05) is 0 Å². The number of aromatic nitrogens is 3. The molecule has 2 amide bonds. The predicted octanol–water partition coefficient (Wildman–Crippen LogP) is 3.72. The number of anilines is 1. The van der Waals surface area contributed by atoms with Gasteiger partial charge in [0, 0.05) is 24.4 Å². The molecule has 9 nitrogen and oxygen atoms in total. The Balaban J connectivity index is 1.67. The molecule has 0 aliphatic carbocycles. The van der Waals surface area contributed by atoms with Gasteiger partial charge in [-0.25, -0.2) is 23.3 Å². The zero-order valence-electron chi connectivity index (χ0n) is 16.2. The second-order valence-electron chi connectivity index (χ2n) is 7.06. The van der Waals surface area contributed by atoms with Gasteiger partial charge in [0.25, 0.3) is 17.5 Å². The summed E-state index contributed by atoms with van der Waals surface area (Å²) in [7, 11) is 0. The van der Waals surface area contributed by atoms with Crippen molar-refractivity contribution < 1.29 is 23.3 Å². The summed E-state index contributed by atoms with van der Waals surface area (Å²) in [5.74, 6) is -2.93. The first kappa shape index (κ1) is 19.4. The van der Waals surface area contributed by atoms with Crippen LogP contribution < -0.4 is 4.90 Å². The number of carbonyl (C=O) groups excluding carboxylic acids is 2. The van der Waals surface area contributed by atoms with Crippen LogP contribution in [-0.4, -0.2) is 31.5 Å². The van der Waals surface area contributed by atoms with Crippen LogP contribution in [0.15, 0.2) is 48.7 Å². The van der Waals surface area contributed by atoms with Crippen molar-refractivity contribution in [1.82, 2.24) is 14.8 Å². The first-order valence-corrected chi connectivity index (χ1v) is 9.25. The molecule has 0 radical (unpaired) electrons. The lowest BCUT2D eigenvalue weighted by Gasteiger charge is -2.13. The number of benzene rings is 2. The van der Waals surface area contributed by atoms with Gasteiger partial charge >= 0.3 is 0 Å². The highest BCUT2D eigenvalue weighted by Gasteiger charge is 2.40. The van der Waals surface area contributed by atoms with Crippen LogP contribution in [0.3, 0.4) is 0 Å². The summed E-state index contributed by atoms with van der Waals surface area (Å²) in [6, 6.07) is 7.95. The Bertz CT molecular complexity index is 1480. The summed E-state index contributed by atoms with van der Waals surface area (Å²) in [6.07, 6.45) is 1.20. The van der Waals surface area contributed by atoms with Gasteiger partial charge in [0.1, 0.15) is 11.5 Å². The number of fused-ring (bicyclic) bond motifs is 3. The molecule has 0 bridgehead atoms. The third-order valence-corrected chi connectivity index (χ3v) is 5.18. The Hall–Kier alpha value is -4.54. The highest BCUT2D eigenvalue weighted by atomic mass is 19.1. The van der Waals surface area contributed by atoms with Crippen molar-refractivity contribution in [3.63, 3.8) is 0 Å². The van der Waals surface area contributed by atoms with Gasteiger partial charge in [0.05, 0.1) is 32.8 Å². The molecule has 0 unspecified atom stereocenters. The Kier molecular flexibility index (Phi) is 4.09. The Labute approximate surface area is 177 Å². The van der Waals surface area contributed by atoms with E-state index in [-0.39, 0.29) is 39.2 Å². The molecule has 1 aliphatic rings. The maximum atomic E-state index is 14.4. The molecule has 2 aromatic carbocycles. The highest BCUT2D eigenvalue weighted by molar-refractivity contribution is 6.37. The van der Waals surface area contributed by atoms with E-state index in [1.807, 2.05) is 0 Å². The lowest BCUT2D eigenvalue weighted by atomic mass is 10.1. The summed E-state index contributed by atoms with van der Waals surface area (Å²) in [5.41, 5.74) is 0.421. The quantitative estimate of drug-likeness (QED) is 0.276. The Morgan fingerprint density at radius 3 is 2.41 bits per heavy atom. The van der Waals surface area contributed by atoms with E-state index in [2.05, 4.69) is 10.1 Å². The molecule has 1 aliphatic heterocycles. The maximum Gasteiger partial charge on any atom is 0.269 e. The van der Waals surface area contributed by atoms with Crippen LogP contribution in [0.1, 0.15) is 26.4 Å². The van der Waals surface area contributed by atoms with Crippen molar-refractivity contribution in [2.45, 2.75) is 6.92 Å². The van der Waals surface area contributed by atoms with E-state index in [0.29, 0.717) is 11.8 Å². The van der Waals surface area contributed by atoms with Gasteiger partial charge in [-0.3, -0.25) is 19.7 Å². The third kappa shape index (κ3) is 2.68.